The van der Waals surface area contributed by atoms with Gasteiger partial charge in [-0.15, -0.1) is 0 Å². The Morgan fingerprint density at radius 1 is 1.43 bits per heavy atom. The van der Waals surface area contributed by atoms with Crippen LogP contribution >= 0.6 is 0 Å². The van der Waals surface area contributed by atoms with Gasteiger partial charge in [-0.25, -0.2) is 9.00 Å². The van der Waals surface area contributed by atoms with E-state index in [1.165, 1.54) is 7.11 Å². The molecule has 0 rings (SSSR count). The third-order valence-corrected chi connectivity index (χ3v) is 2.91. The molecule has 0 saturated heterocycles. The number of nitrogens with zero attached hydrogens (tertiary/aromatic N) is 1. The molecule has 0 aromatic rings. The summed E-state index contributed by atoms with van der Waals surface area (Å²) in [4.78, 5) is 11.1. The Bertz CT molecular complexity index is 266. The number of hydrogen-bond acceptors (Lipinski definition) is 3. The minimum atomic E-state index is -1.40. The van der Waals surface area contributed by atoms with E-state index < -0.39 is 21.7 Å². The second kappa shape index (κ2) is 5.24. The molecule has 0 aromatic carbocycles. The number of carbonyl (C=O) groups excluding carboxylic acids is 1. The summed E-state index contributed by atoms with van der Waals surface area (Å²) in [6, 6.07) is 0. The van der Waals surface area contributed by atoms with E-state index in [1.54, 1.807) is 27.7 Å². The quantitative estimate of drug-likeness (QED) is 0.533. The van der Waals surface area contributed by atoms with Crippen molar-refractivity contribution >= 4 is 22.7 Å². The van der Waals surface area contributed by atoms with Crippen LogP contribution in [0.5, 0.6) is 0 Å². The summed E-state index contributed by atoms with van der Waals surface area (Å²) in [6.07, 6.45) is 0.425. The van der Waals surface area contributed by atoms with Crippen molar-refractivity contribution < 1.29 is 13.7 Å². The SMILES string of the molecule is CCC(=NS(=O)C(C)(C)C)C(=O)OC. The first kappa shape index (κ1) is 13.3. The van der Waals surface area contributed by atoms with E-state index in [4.69, 9.17) is 0 Å². The Labute approximate surface area is 87.3 Å². The van der Waals surface area contributed by atoms with Gasteiger partial charge in [0.15, 0.2) is 0 Å². The average Bonchev–Trinajstić information content (AvgIpc) is 2.10. The average molecular weight is 219 g/mol. The molecule has 82 valence electrons. The summed E-state index contributed by atoms with van der Waals surface area (Å²) in [5.41, 5.74) is 0.223. The Morgan fingerprint density at radius 2 is 1.93 bits per heavy atom. The van der Waals surface area contributed by atoms with Gasteiger partial charge in [-0.05, 0) is 27.2 Å². The number of carbonyl (C=O) groups is 1. The Balaban J connectivity index is 4.78. The largest absolute Gasteiger partial charge is 0.465 e. The highest BCUT2D eigenvalue weighted by Crippen LogP contribution is 2.13. The van der Waals surface area contributed by atoms with Gasteiger partial charge in [0.2, 0.25) is 0 Å². The minimum Gasteiger partial charge on any atom is -0.465 e. The molecule has 0 aliphatic rings. The molecular weight excluding hydrogens is 202 g/mol. The topological polar surface area (TPSA) is 55.7 Å². The molecule has 0 heterocycles. The van der Waals surface area contributed by atoms with Crippen LogP contribution in [0.4, 0.5) is 0 Å². The van der Waals surface area contributed by atoms with Crippen molar-refractivity contribution in [1.82, 2.24) is 0 Å². The smallest absolute Gasteiger partial charge is 0.353 e. The van der Waals surface area contributed by atoms with Crippen LogP contribution in [0.25, 0.3) is 0 Å². The molecule has 1 unspecified atom stereocenters. The van der Waals surface area contributed by atoms with Crippen molar-refractivity contribution in [2.75, 3.05) is 7.11 Å². The van der Waals surface area contributed by atoms with Gasteiger partial charge in [0.25, 0.3) is 0 Å². The number of esters is 1. The minimum absolute atomic E-state index is 0.223. The molecule has 0 aliphatic heterocycles. The standard InChI is InChI=1S/C9H17NO3S/c1-6-7(8(11)13-5)10-14(12)9(2,3)4/h6H2,1-5H3. The van der Waals surface area contributed by atoms with Gasteiger partial charge < -0.3 is 4.74 Å². The fourth-order valence-corrected chi connectivity index (χ4v) is 1.28. The highest BCUT2D eigenvalue weighted by atomic mass is 32.2. The summed E-state index contributed by atoms with van der Waals surface area (Å²) >= 11 is 0. The normalized spacial score (nSPS) is 15.1. The van der Waals surface area contributed by atoms with Gasteiger partial charge in [0.05, 0.1) is 11.9 Å². The molecule has 0 N–H and O–H groups in total. The zero-order valence-electron chi connectivity index (χ0n) is 9.29. The monoisotopic (exact) mass is 219 g/mol. The van der Waals surface area contributed by atoms with Crippen molar-refractivity contribution in [1.29, 1.82) is 0 Å². The Morgan fingerprint density at radius 3 is 2.21 bits per heavy atom. The highest BCUT2D eigenvalue weighted by Gasteiger charge is 2.21. The van der Waals surface area contributed by atoms with E-state index in [-0.39, 0.29) is 5.71 Å². The lowest BCUT2D eigenvalue weighted by Crippen LogP contribution is -2.23. The van der Waals surface area contributed by atoms with E-state index in [9.17, 15) is 9.00 Å². The van der Waals surface area contributed by atoms with Gasteiger partial charge in [0, 0.05) is 0 Å². The number of methoxy groups -OCH3 is 1. The van der Waals surface area contributed by atoms with Crippen molar-refractivity contribution in [2.45, 2.75) is 38.9 Å². The lowest BCUT2D eigenvalue weighted by molar-refractivity contribution is -0.132. The van der Waals surface area contributed by atoms with E-state index in [0.717, 1.165) is 0 Å². The highest BCUT2D eigenvalue weighted by molar-refractivity contribution is 7.85. The van der Waals surface area contributed by atoms with Gasteiger partial charge in [-0.2, -0.15) is 4.40 Å². The second-order valence-electron chi connectivity index (χ2n) is 3.74. The third-order valence-electron chi connectivity index (χ3n) is 1.47. The van der Waals surface area contributed by atoms with Crippen LogP contribution in [0.2, 0.25) is 0 Å². The summed E-state index contributed by atoms with van der Waals surface area (Å²) in [7, 11) is -0.117. The predicted octanol–water partition coefficient (Wildman–Crippen LogP) is 1.47. The van der Waals surface area contributed by atoms with Gasteiger partial charge in [0.1, 0.15) is 16.7 Å². The molecular formula is C9H17NO3S. The van der Waals surface area contributed by atoms with Crippen LogP contribution in [-0.4, -0.2) is 27.7 Å². The van der Waals surface area contributed by atoms with Crippen LogP contribution in [0, 0.1) is 0 Å². The van der Waals surface area contributed by atoms with E-state index in [1.807, 2.05) is 0 Å². The van der Waals surface area contributed by atoms with Crippen LogP contribution in [0.1, 0.15) is 34.1 Å². The molecule has 0 bridgehead atoms. The molecule has 0 aliphatic carbocycles. The summed E-state index contributed by atoms with van der Waals surface area (Å²) < 4.78 is 19.5. The fourth-order valence-electron chi connectivity index (χ4n) is 0.601. The Hall–Kier alpha value is -0.710. The van der Waals surface area contributed by atoms with Gasteiger partial charge in [-0.1, -0.05) is 6.92 Å². The van der Waals surface area contributed by atoms with Crippen LogP contribution in [0.3, 0.4) is 0 Å². The molecule has 5 heteroatoms. The molecule has 0 radical (unpaired) electrons. The molecule has 0 amide bonds. The summed E-state index contributed by atoms with van der Waals surface area (Å²) in [6.45, 7) is 7.18. The Kier molecular flexibility index (Phi) is 4.97. The van der Waals surface area contributed by atoms with E-state index in [0.29, 0.717) is 6.42 Å². The van der Waals surface area contributed by atoms with Crippen LogP contribution in [0.15, 0.2) is 4.40 Å². The number of hydrogen-bond donors (Lipinski definition) is 0. The first-order chi connectivity index (χ1) is 6.32. The zero-order chi connectivity index (χ0) is 11.4. The summed E-state index contributed by atoms with van der Waals surface area (Å²) in [5, 5.41) is 0. The van der Waals surface area contributed by atoms with E-state index in [2.05, 4.69) is 9.13 Å². The molecule has 4 nitrogen and oxygen atoms in total. The summed E-state index contributed by atoms with van der Waals surface area (Å²) in [5.74, 6) is -0.509. The maximum Gasteiger partial charge on any atom is 0.353 e. The van der Waals surface area contributed by atoms with Crippen LogP contribution < -0.4 is 0 Å². The zero-order valence-corrected chi connectivity index (χ0v) is 10.1. The molecule has 1 atom stereocenters. The maximum atomic E-state index is 11.6. The lowest BCUT2D eigenvalue weighted by Gasteiger charge is -2.13. The van der Waals surface area contributed by atoms with Gasteiger partial charge >= 0.3 is 5.97 Å². The van der Waals surface area contributed by atoms with Crippen molar-refractivity contribution in [3.05, 3.63) is 0 Å². The third kappa shape index (κ3) is 4.00. The molecule has 0 fully saturated rings. The maximum absolute atomic E-state index is 11.6. The van der Waals surface area contributed by atoms with Crippen molar-refractivity contribution in [3.8, 4) is 0 Å². The predicted molar refractivity (Wildman–Crippen MR) is 57.6 cm³/mol. The first-order valence-corrected chi connectivity index (χ1v) is 5.51. The van der Waals surface area contributed by atoms with Crippen molar-refractivity contribution in [2.24, 2.45) is 4.40 Å². The number of rotatable bonds is 3. The number of ether oxygens (including phenoxy) is 1. The lowest BCUT2D eigenvalue weighted by atomic mass is 10.3. The van der Waals surface area contributed by atoms with E-state index >= 15 is 0 Å². The van der Waals surface area contributed by atoms with Gasteiger partial charge in [-0.3, -0.25) is 0 Å². The first-order valence-electron chi connectivity index (χ1n) is 4.40. The molecule has 14 heavy (non-hydrogen) atoms. The second-order valence-corrected chi connectivity index (χ2v) is 5.65. The van der Waals surface area contributed by atoms with Crippen molar-refractivity contribution in [3.63, 3.8) is 0 Å². The molecule has 0 aromatic heterocycles. The molecule has 0 saturated carbocycles. The fraction of sp³-hybridized carbons (Fsp3) is 0.778. The molecule has 0 spiro atoms. The van der Waals surface area contributed by atoms with Crippen LogP contribution in [-0.2, 0) is 20.5 Å².